The molecule has 0 spiro atoms. The highest BCUT2D eigenvalue weighted by Crippen LogP contribution is 2.19. The molecule has 0 atom stereocenters. The monoisotopic (exact) mass is 295 g/mol. The number of anilines is 2. The zero-order valence-electron chi connectivity index (χ0n) is 12.3. The van der Waals surface area contributed by atoms with Crippen LogP contribution in [-0.2, 0) is 11.3 Å². The molecule has 3 rings (SSSR count). The van der Waals surface area contributed by atoms with Gasteiger partial charge in [0.15, 0.2) is 0 Å². The molecule has 0 aliphatic rings. The van der Waals surface area contributed by atoms with Crippen molar-refractivity contribution >= 4 is 28.7 Å². The van der Waals surface area contributed by atoms with Crippen molar-refractivity contribution in [3.05, 3.63) is 48.7 Å². The maximum atomic E-state index is 12.3. The minimum atomic E-state index is -0.138. The molecule has 2 aromatic heterocycles. The number of pyridine rings is 1. The quantitative estimate of drug-likeness (QED) is 0.758. The summed E-state index contributed by atoms with van der Waals surface area (Å²) in [4.78, 5) is 20.9. The number of imidazole rings is 1. The van der Waals surface area contributed by atoms with E-state index in [1.54, 1.807) is 12.3 Å². The number of hydrogen-bond donors (Lipinski definition) is 2. The van der Waals surface area contributed by atoms with Crippen LogP contribution in [0, 0.1) is 0 Å². The summed E-state index contributed by atoms with van der Waals surface area (Å²) in [6.45, 7) is 2.92. The van der Waals surface area contributed by atoms with Crippen molar-refractivity contribution in [2.45, 2.75) is 13.5 Å². The van der Waals surface area contributed by atoms with Gasteiger partial charge in [-0.05, 0) is 31.2 Å². The molecule has 0 radical (unpaired) electrons. The van der Waals surface area contributed by atoms with Crippen LogP contribution in [0.4, 0.5) is 11.8 Å². The van der Waals surface area contributed by atoms with E-state index in [-0.39, 0.29) is 12.5 Å². The Kier molecular flexibility index (Phi) is 4.00. The van der Waals surface area contributed by atoms with E-state index >= 15 is 0 Å². The molecule has 3 aromatic rings. The fourth-order valence-electron chi connectivity index (χ4n) is 2.29. The van der Waals surface area contributed by atoms with Crippen LogP contribution in [0.25, 0.3) is 11.0 Å². The van der Waals surface area contributed by atoms with Gasteiger partial charge in [-0.15, -0.1) is 0 Å². The number of aromatic nitrogens is 3. The van der Waals surface area contributed by atoms with Gasteiger partial charge in [0.1, 0.15) is 12.4 Å². The lowest BCUT2D eigenvalue weighted by Gasteiger charge is -2.10. The van der Waals surface area contributed by atoms with E-state index in [1.807, 2.05) is 47.9 Å². The number of hydrogen-bond acceptors (Lipinski definition) is 4. The molecule has 0 unspecified atom stereocenters. The highest BCUT2D eigenvalue weighted by molar-refractivity contribution is 5.91. The topological polar surface area (TPSA) is 71.8 Å². The van der Waals surface area contributed by atoms with E-state index in [0.29, 0.717) is 11.8 Å². The number of carbonyl (C=O) groups is 1. The summed E-state index contributed by atoms with van der Waals surface area (Å²) in [7, 11) is 0. The lowest BCUT2D eigenvalue weighted by Crippen LogP contribution is -2.20. The van der Waals surface area contributed by atoms with Crippen molar-refractivity contribution in [3.63, 3.8) is 0 Å². The van der Waals surface area contributed by atoms with Gasteiger partial charge in [-0.2, -0.15) is 0 Å². The number of benzene rings is 1. The number of rotatable bonds is 5. The van der Waals surface area contributed by atoms with Gasteiger partial charge in [-0.1, -0.05) is 18.2 Å². The number of nitrogens with zero attached hydrogens (tertiary/aromatic N) is 3. The van der Waals surface area contributed by atoms with Crippen LogP contribution in [0.3, 0.4) is 0 Å². The predicted molar refractivity (Wildman–Crippen MR) is 86.8 cm³/mol. The molecular weight excluding hydrogens is 278 g/mol. The van der Waals surface area contributed by atoms with Crippen molar-refractivity contribution in [1.29, 1.82) is 0 Å². The summed E-state index contributed by atoms with van der Waals surface area (Å²) in [5.74, 6) is 1.10. The van der Waals surface area contributed by atoms with E-state index < -0.39 is 0 Å². The molecule has 6 heteroatoms. The van der Waals surface area contributed by atoms with Gasteiger partial charge in [-0.3, -0.25) is 4.79 Å². The second-order valence-electron chi connectivity index (χ2n) is 4.80. The fourth-order valence-corrected chi connectivity index (χ4v) is 2.29. The maximum absolute atomic E-state index is 12.3. The summed E-state index contributed by atoms with van der Waals surface area (Å²) in [6, 6.07) is 13.2. The highest BCUT2D eigenvalue weighted by Gasteiger charge is 2.13. The van der Waals surface area contributed by atoms with Gasteiger partial charge in [0.2, 0.25) is 11.9 Å². The second-order valence-corrected chi connectivity index (χ2v) is 4.80. The molecule has 1 aromatic carbocycles. The molecule has 2 heterocycles. The Balaban J connectivity index is 1.86. The first-order valence-corrected chi connectivity index (χ1v) is 7.18. The third-order valence-electron chi connectivity index (χ3n) is 3.22. The summed E-state index contributed by atoms with van der Waals surface area (Å²) in [5, 5.41) is 5.98. The van der Waals surface area contributed by atoms with Crippen molar-refractivity contribution in [2.24, 2.45) is 0 Å². The lowest BCUT2D eigenvalue weighted by molar-refractivity contribution is -0.116. The number of fused-ring (bicyclic) bond motifs is 1. The predicted octanol–water partition coefficient (Wildman–Crippen LogP) is 2.50. The molecular formula is C16H17N5O. The smallest absolute Gasteiger partial charge is 0.245 e. The summed E-state index contributed by atoms with van der Waals surface area (Å²) in [5.41, 5.74) is 1.79. The standard InChI is InChI=1S/C16H17N5O/c1-2-17-16-19-12-7-3-4-8-13(12)21(16)11-15(22)20-14-9-5-6-10-18-14/h3-10H,2,11H2,1H3,(H,17,19)(H,18,20,22). The van der Waals surface area contributed by atoms with Gasteiger partial charge in [0.05, 0.1) is 11.0 Å². The highest BCUT2D eigenvalue weighted by atomic mass is 16.2. The average molecular weight is 295 g/mol. The van der Waals surface area contributed by atoms with Crippen molar-refractivity contribution in [1.82, 2.24) is 14.5 Å². The van der Waals surface area contributed by atoms with E-state index in [2.05, 4.69) is 20.6 Å². The first-order valence-electron chi connectivity index (χ1n) is 7.18. The number of carbonyl (C=O) groups excluding carboxylic acids is 1. The van der Waals surface area contributed by atoms with Crippen LogP contribution in [0.15, 0.2) is 48.7 Å². The molecule has 22 heavy (non-hydrogen) atoms. The largest absolute Gasteiger partial charge is 0.356 e. The average Bonchev–Trinajstić information content (AvgIpc) is 2.86. The van der Waals surface area contributed by atoms with Crippen LogP contribution in [0.2, 0.25) is 0 Å². The molecule has 112 valence electrons. The third kappa shape index (κ3) is 2.90. The molecule has 0 bridgehead atoms. The third-order valence-corrected chi connectivity index (χ3v) is 3.22. The molecule has 0 fully saturated rings. The lowest BCUT2D eigenvalue weighted by atomic mass is 10.3. The van der Waals surface area contributed by atoms with Crippen LogP contribution >= 0.6 is 0 Å². The Hall–Kier alpha value is -2.89. The van der Waals surface area contributed by atoms with Crippen LogP contribution in [0.1, 0.15) is 6.92 Å². The molecule has 0 aliphatic heterocycles. The molecule has 6 nitrogen and oxygen atoms in total. The van der Waals surface area contributed by atoms with E-state index in [9.17, 15) is 4.79 Å². The SMILES string of the molecule is CCNc1nc2ccccc2n1CC(=O)Nc1ccccn1. The fraction of sp³-hybridized carbons (Fsp3) is 0.188. The van der Waals surface area contributed by atoms with Crippen molar-refractivity contribution in [2.75, 3.05) is 17.2 Å². The molecule has 0 saturated heterocycles. The summed E-state index contributed by atoms with van der Waals surface area (Å²) < 4.78 is 1.87. The van der Waals surface area contributed by atoms with Crippen molar-refractivity contribution < 1.29 is 4.79 Å². The molecule has 0 aliphatic carbocycles. The Morgan fingerprint density at radius 2 is 2.00 bits per heavy atom. The number of para-hydroxylation sites is 2. The zero-order chi connectivity index (χ0) is 15.4. The Morgan fingerprint density at radius 1 is 1.18 bits per heavy atom. The maximum Gasteiger partial charge on any atom is 0.245 e. The minimum absolute atomic E-state index is 0.138. The molecule has 0 saturated carbocycles. The summed E-state index contributed by atoms with van der Waals surface area (Å²) in [6.07, 6.45) is 1.65. The van der Waals surface area contributed by atoms with Gasteiger partial charge in [0, 0.05) is 12.7 Å². The first-order chi connectivity index (χ1) is 10.8. The molecule has 1 amide bonds. The van der Waals surface area contributed by atoms with Crippen LogP contribution in [0.5, 0.6) is 0 Å². The van der Waals surface area contributed by atoms with Gasteiger partial charge >= 0.3 is 0 Å². The van der Waals surface area contributed by atoms with Gasteiger partial charge < -0.3 is 15.2 Å². The van der Waals surface area contributed by atoms with Gasteiger partial charge in [-0.25, -0.2) is 9.97 Å². The number of amides is 1. The summed E-state index contributed by atoms with van der Waals surface area (Å²) >= 11 is 0. The van der Waals surface area contributed by atoms with E-state index in [0.717, 1.165) is 17.6 Å². The van der Waals surface area contributed by atoms with Crippen molar-refractivity contribution in [3.8, 4) is 0 Å². The van der Waals surface area contributed by atoms with Crippen LogP contribution in [-0.4, -0.2) is 27.0 Å². The Labute approximate surface area is 128 Å². The number of nitrogens with one attached hydrogen (secondary N) is 2. The Bertz CT molecular complexity index is 782. The minimum Gasteiger partial charge on any atom is -0.356 e. The van der Waals surface area contributed by atoms with E-state index in [1.165, 1.54) is 0 Å². The van der Waals surface area contributed by atoms with Crippen LogP contribution < -0.4 is 10.6 Å². The molecule has 2 N–H and O–H groups in total. The second kappa shape index (κ2) is 6.26. The van der Waals surface area contributed by atoms with E-state index in [4.69, 9.17) is 0 Å². The first kappa shape index (κ1) is 14.1. The van der Waals surface area contributed by atoms with Gasteiger partial charge in [0.25, 0.3) is 0 Å². The Morgan fingerprint density at radius 3 is 2.77 bits per heavy atom. The zero-order valence-corrected chi connectivity index (χ0v) is 12.3. The normalized spacial score (nSPS) is 10.6.